The van der Waals surface area contributed by atoms with Gasteiger partial charge in [0.05, 0.1) is 17.0 Å². The van der Waals surface area contributed by atoms with Crippen LogP contribution in [0.3, 0.4) is 0 Å². The molecular weight excluding hydrogens is 587 g/mol. The minimum atomic E-state index is -0.628. The lowest BCUT2D eigenvalue weighted by molar-refractivity contribution is -0.127. The third-order valence-electron chi connectivity index (χ3n) is 5.17. The van der Waals surface area contributed by atoms with E-state index in [-0.39, 0.29) is 15.6 Å². The van der Waals surface area contributed by atoms with Gasteiger partial charge in [0.15, 0.2) is 11.5 Å². The van der Waals surface area contributed by atoms with Crippen molar-refractivity contribution in [2.75, 3.05) is 19.0 Å². The number of rotatable bonds is 8. The Morgan fingerprint density at radius 3 is 2.57 bits per heavy atom. The minimum Gasteiger partial charge on any atom is -0.493 e. The molecule has 0 saturated carbocycles. The van der Waals surface area contributed by atoms with Crippen LogP contribution in [0, 0.1) is 5.82 Å². The van der Waals surface area contributed by atoms with Crippen molar-refractivity contribution in [1.29, 1.82) is 0 Å². The van der Waals surface area contributed by atoms with Gasteiger partial charge >= 0.3 is 0 Å². The second-order valence-corrected chi connectivity index (χ2v) is 10.1. The molecule has 1 heterocycles. The van der Waals surface area contributed by atoms with Crippen LogP contribution in [0.2, 0.25) is 5.02 Å². The van der Waals surface area contributed by atoms with Gasteiger partial charge in [-0.05, 0) is 71.4 Å². The fourth-order valence-electron chi connectivity index (χ4n) is 3.34. The molecule has 0 radical (unpaired) electrons. The van der Waals surface area contributed by atoms with Crippen molar-refractivity contribution in [2.45, 2.75) is 6.61 Å². The van der Waals surface area contributed by atoms with Gasteiger partial charge in [0, 0.05) is 10.2 Å². The lowest BCUT2D eigenvalue weighted by Gasteiger charge is -2.13. The zero-order chi connectivity index (χ0) is 26.5. The van der Waals surface area contributed by atoms with E-state index in [1.54, 1.807) is 24.3 Å². The Hall–Kier alpha value is -3.34. The van der Waals surface area contributed by atoms with E-state index in [0.717, 1.165) is 32.8 Å². The van der Waals surface area contributed by atoms with Gasteiger partial charge < -0.3 is 14.8 Å². The number of carbonyl (C=O) groups is 3. The van der Waals surface area contributed by atoms with Crippen LogP contribution in [0.25, 0.3) is 6.08 Å². The molecular formula is C26H19BrClFN2O5S. The number of hydrogen-bond acceptors (Lipinski definition) is 6. The number of carbonyl (C=O) groups excluding carboxylic acids is 3. The number of imide groups is 1. The van der Waals surface area contributed by atoms with Crippen molar-refractivity contribution >= 4 is 68.1 Å². The summed E-state index contributed by atoms with van der Waals surface area (Å²) in [4.78, 5) is 38.6. The van der Waals surface area contributed by atoms with Gasteiger partial charge in [-0.1, -0.05) is 45.7 Å². The predicted molar refractivity (Wildman–Crippen MR) is 144 cm³/mol. The predicted octanol–water partition coefficient (Wildman–Crippen LogP) is 6.50. The maximum Gasteiger partial charge on any atom is 0.294 e. The molecule has 4 rings (SSSR count). The Labute approximate surface area is 229 Å². The number of hydrogen-bond donors (Lipinski definition) is 1. The highest BCUT2D eigenvalue weighted by Crippen LogP contribution is 2.35. The highest BCUT2D eigenvalue weighted by Gasteiger charge is 2.36. The maximum absolute atomic E-state index is 13.3. The second-order valence-electron chi connectivity index (χ2n) is 7.77. The number of ether oxygens (including phenoxy) is 2. The monoisotopic (exact) mass is 604 g/mol. The van der Waals surface area contributed by atoms with Crippen LogP contribution in [0.15, 0.2) is 70.0 Å². The molecule has 11 heteroatoms. The maximum atomic E-state index is 13.3. The SMILES string of the molecule is COc1cc(/C=C2\SC(=O)N(CC(=O)Nc3ccc(F)c(Cl)c3)C2=O)ccc1OCc1ccc(Br)cc1. The fraction of sp³-hybridized carbons (Fsp3) is 0.115. The van der Waals surface area contributed by atoms with Gasteiger partial charge in [0.2, 0.25) is 5.91 Å². The number of halogens is 3. The third-order valence-corrected chi connectivity index (χ3v) is 6.90. The molecule has 7 nitrogen and oxygen atoms in total. The average Bonchev–Trinajstić information content (AvgIpc) is 3.13. The first-order valence-electron chi connectivity index (χ1n) is 10.8. The summed E-state index contributed by atoms with van der Waals surface area (Å²) in [6.07, 6.45) is 1.55. The van der Waals surface area contributed by atoms with E-state index in [2.05, 4.69) is 21.2 Å². The normalized spacial score (nSPS) is 14.3. The van der Waals surface area contributed by atoms with Crippen LogP contribution in [0.4, 0.5) is 14.9 Å². The summed E-state index contributed by atoms with van der Waals surface area (Å²) in [5.41, 5.74) is 1.84. The Morgan fingerprint density at radius 1 is 1.11 bits per heavy atom. The Bertz CT molecular complexity index is 1400. The van der Waals surface area contributed by atoms with E-state index < -0.39 is 29.4 Å². The minimum absolute atomic E-state index is 0.160. The molecule has 1 aliphatic heterocycles. The summed E-state index contributed by atoms with van der Waals surface area (Å²) in [5, 5.41) is 1.75. The molecule has 0 atom stereocenters. The molecule has 190 valence electrons. The Balaban J connectivity index is 1.42. The number of nitrogens with one attached hydrogen (secondary N) is 1. The summed E-state index contributed by atoms with van der Waals surface area (Å²) >= 11 is 9.84. The quantitative estimate of drug-likeness (QED) is 0.295. The van der Waals surface area contributed by atoms with E-state index in [0.29, 0.717) is 23.7 Å². The van der Waals surface area contributed by atoms with Gasteiger partial charge in [0.25, 0.3) is 11.1 Å². The van der Waals surface area contributed by atoms with E-state index >= 15 is 0 Å². The Kier molecular flexibility index (Phi) is 8.52. The number of nitrogens with zero attached hydrogens (tertiary/aromatic N) is 1. The highest BCUT2D eigenvalue weighted by molar-refractivity contribution is 9.10. The standard InChI is InChI=1S/C26H19BrClFN2O5S/c1-35-22-10-16(4-9-21(22)36-14-15-2-5-17(27)6-3-15)11-23-25(33)31(26(34)37-23)13-24(32)30-18-7-8-20(29)19(28)12-18/h2-12H,13-14H2,1H3,(H,30,32)/b23-11-. The van der Waals surface area contributed by atoms with E-state index in [9.17, 15) is 18.8 Å². The summed E-state index contributed by atoms with van der Waals surface area (Å²) in [6.45, 7) is -0.156. The van der Waals surface area contributed by atoms with Crippen LogP contribution in [0.5, 0.6) is 11.5 Å². The average molecular weight is 606 g/mol. The van der Waals surface area contributed by atoms with Crippen molar-refractivity contribution in [3.05, 3.63) is 92.0 Å². The van der Waals surface area contributed by atoms with Gasteiger partial charge in [-0.15, -0.1) is 0 Å². The lowest BCUT2D eigenvalue weighted by Crippen LogP contribution is -2.36. The molecule has 1 saturated heterocycles. The van der Waals surface area contributed by atoms with Crippen molar-refractivity contribution in [3.63, 3.8) is 0 Å². The lowest BCUT2D eigenvalue weighted by atomic mass is 10.1. The second kappa shape index (κ2) is 11.8. The summed E-state index contributed by atoms with van der Waals surface area (Å²) in [7, 11) is 1.51. The summed E-state index contributed by atoms with van der Waals surface area (Å²) in [5.74, 6) is -0.871. The largest absolute Gasteiger partial charge is 0.493 e. The first-order chi connectivity index (χ1) is 17.7. The number of anilines is 1. The third kappa shape index (κ3) is 6.71. The zero-order valence-corrected chi connectivity index (χ0v) is 22.5. The molecule has 0 aliphatic carbocycles. The molecule has 0 unspecified atom stereocenters. The number of benzene rings is 3. The molecule has 1 N–H and O–H groups in total. The number of methoxy groups -OCH3 is 1. The summed E-state index contributed by atoms with van der Waals surface area (Å²) < 4.78 is 25.6. The van der Waals surface area contributed by atoms with Crippen molar-refractivity contribution in [1.82, 2.24) is 4.90 Å². The molecule has 1 fully saturated rings. The van der Waals surface area contributed by atoms with Gasteiger partial charge in [0.1, 0.15) is 19.0 Å². The molecule has 3 amide bonds. The number of amides is 3. The van der Waals surface area contributed by atoms with Crippen LogP contribution >= 0.6 is 39.3 Å². The molecule has 0 spiro atoms. The van der Waals surface area contributed by atoms with E-state index in [1.165, 1.54) is 19.2 Å². The summed E-state index contributed by atoms with van der Waals surface area (Å²) in [6, 6.07) is 16.5. The molecule has 1 aliphatic rings. The van der Waals surface area contributed by atoms with Gasteiger partial charge in [-0.2, -0.15) is 0 Å². The first kappa shape index (κ1) is 26.7. The Morgan fingerprint density at radius 2 is 1.86 bits per heavy atom. The zero-order valence-electron chi connectivity index (χ0n) is 19.3. The molecule has 37 heavy (non-hydrogen) atoms. The van der Waals surface area contributed by atoms with Crippen LogP contribution in [0.1, 0.15) is 11.1 Å². The molecule has 3 aromatic carbocycles. The van der Waals surface area contributed by atoms with Gasteiger partial charge in [-0.25, -0.2) is 4.39 Å². The van der Waals surface area contributed by atoms with Crippen LogP contribution in [-0.4, -0.2) is 35.6 Å². The molecule has 0 aromatic heterocycles. The van der Waals surface area contributed by atoms with Crippen LogP contribution in [-0.2, 0) is 16.2 Å². The fourth-order valence-corrected chi connectivity index (χ4v) is 4.62. The van der Waals surface area contributed by atoms with Crippen molar-refractivity contribution in [3.8, 4) is 11.5 Å². The number of thioether (sulfide) groups is 1. The topological polar surface area (TPSA) is 84.9 Å². The van der Waals surface area contributed by atoms with Crippen molar-refractivity contribution < 1.29 is 28.2 Å². The smallest absolute Gasteiger partial charge is 0.294 e. The first-order valence-corrected chi connectivity index (χ1v) is 12.8. The van der Waals surface area contributed by atoms with Crippen LogP contribution < -0.4 is 14.8 Å². The van der Waals surface area contributed by atoms with E-state index in [1.807, 2.05) is 24.3 Å². The molecule has 0 bridgehead atoms. The van der Waals surface area contributed by atoms with Gasteiger partial charge in [-0.3, -0.25) is 19.3 Å². The highest BCUT2D eigenvalue weighted by atomic mass is 79.9. The molecule has 3 aromatic rings. The van der Waals surface area contributed by atoms with E-state index in [4.69, 9.17) is 21.1 Å². The van der Waals surface area contributed by atoms with Crippen molar-refractivity contribution in [2.24, 2.45) is 0 Å².